The lowest BCUT2D eigenvalue weighted by atomic mass is 9.96. The first-order valence-corrected chi connectivity index (χ1v) is 4.53. The molecule has 1 saturated carbocycles. The molecule has 1 aliphatic carbocycles. The second-order valence-electron chi connectivity index (χ2n) is 3.70. The van der Waals surface area contributed by atoms with E-state index in [0.717, 1.165) is 0 Å². The smallest absolute Gasteiger partial charge is 0.248 e. The third-order valence-electron chi connectivity index (χ3n) is 2.83. The van der Waals surface area contributed by atoms with Gasteiger partial charge in [0.25, 0.3) is 0 Å². The molecule has 0 amide bonds. The lowest BCUT2D eigenvalue weighted by molar-refractivity contribution is 0.102. The summed E-state index contributed by atoms with van der Waals surface area (Å²) < 4.78 is 25.3. The monoisotopic (exact) mass is 196 g/mol. The number of hydrogen-bond acceptors (Lipinski definition) is 1. The number of aldehydes is 1. The van der Waals surface area contributed by atoms with Gasteiger partial charge in [0.05, 0.1) is 5.41 Å². The first-order chi connectivity index (χ1) is 6.69. The highest BCUT2D eigenvalue weighted by molar-refractivity contribution is 5.74. The molecule has 0 atom stereocenters. The van der Waals surface area contributed by atoms with Crippen LogP contribution in [0.25, 0.3) is 0 Å². The quantitative estimate of drug-likeness (QED) is 0.679. The SMILES string of the molecule is O=Cc1ccc(C2(C(F)F)CC2)cc1. The van der Waals surface area contributed by atoms with Gasteiger partial charge in [-0.25, -0.2) is 8.78 Å². The Bertz CT molecular complexity index is 339. The van der Waals surface area contributed by atoms with Crippen molar-refractivity contribution in [3.63, 3.8) is 0 Å². The van der Waals surface area contributed by atoms with E-state index in [2.05, 4.69) is 0 Å². The van der Waals surface area contributed by atoms with Gasteiger partial charge in [0.2, 0.25) is 6.43 Å². The summed E-state index contributed by atoms with van der Waals surface area (Å²) in [5.41, 5.74) is 0.262. The summed E-state index contributed by atoms with van der Waals surface area (Å²) in [6.45, 7) is 0. The molecule has 74 valence electrons. The molecule has 0 unspecified atom stereocenters. The Morgan fingerprint density at radius 3 is 2.14 bits per heavy atom. The summed E-state index contributed by atoms with van der Waals surface area (Å²) in [4.78, 5) is 10.4. The fraction of sp³-hybridized carbons (Fsp3) is 0.364. The summed E-state index contributed by atoms with van der Waals surface area (Å²) in [6, 6.07) is 6.43. The van der Waals surface area contributed by atoms with Crippen molar-refractivity contribution in [3.8, 4) is 0 Å². The van der Waals surface area contributed by atoms with E-state index in [4.69, 9.17) is 0 Å². The number of hydrogen-bond donors (Lipinski definition) is 0. The number of carbonyl (C=O) groups is 1. The van der Waals surface area contributed by atoms with E-state index in [1.165, 1.54) is 0 Å². The number of halogens is 2. The van der Waals surface area contributed by atoms with Crippen LogP contribution >= 0.6 is 0 Å². The molecule has 0 spiro atoms. The molecular weight excluding hydrogens is 186 g/mol. The van der Waals surface area contributed by atoms with Crippen LogP contribution in [0.4, 0.5) is 8.78 Å². The first kappa shape index (κ1) is 9.31. The fourth-order valence-corrected chi connectivity index (χ4v) is 1.66. The van der Waals surface area contributed by atoms with Gasteiger partial charge in [0.1, 0.15) is 6.29 Å². The molecule has 1 aliphatic rings. The highest BCUT2D eigenvalue weighted by atomic mass is 19.3. The first-order valence-electron chi connectivity index (χ1n) is 4.53. The van der Waals surface area contributed by atoms with Crippen LogP contribution in [0, 0.1) is 0 Å². The Hall–Kier alpha value is -1.25. The van der Waals surface area contributed by atoms with E-state index in [9.17, 15) is 13.6 Å². The average Bonchev–Trinajstić information content (AvgIpc) is 2.99. The van der Waals surface area contributed by atoms with E-state index in [-0.39, 0.29) is 0 Å². The van der Waals surface area contributed by atoms with Gasteiger partial charge < -0.3 is 0 Å². The van der Waals surface area contributed by atoms with Gasteiger partial charge in [-0.2, -0.15) is 0 Å². The molecule has 1 aromatic carbocycles. The standard InChI is InChI=1S/C11H10F2O/c12-10(13)11(5-6-11)9-3-1-8(7-14)2-4-9/h1-4,7,10H,5-6H2. The summed E-state index contributed by atoms with van der Waals surface area (Å²) in [7, 11) is 0. The maximum Gasteiger partial charge on any atom is 0.248 e. The average molecular weight is 196 g/mol. The number of rotatable bonds is 3. The van der Waals surface area contributed by atoms with Crippen molar-refractivity contribution in [1.29, 1.82) is 0 Å². The predicted molar refractivity (Wildman–Crippen MR) is 48.7 cm³/mol. The van der Waals surface area contributed by atoms with E-state index >= 15 is 0 Å². The molecule has 0 N–H and O–H groups in total. The van der Waals surface area contributed by atoms with Gasteiger partial charge in [-0.1, -0.05) is 24.3 Å². The lowest BCUT2D eigenvalue weighted by Crippen LogP contribution is -2.17. The number of alkyl halides is 2. The third-order valence-corrected chi connectivity index (χ3v) is 2.83. The third kappa shape index (κ3) is 1.33. The zero-order valence-corrected chi connectivity index (χ0v) is 7.54. The molecule has 0 heterocycles. The Kier molecular flexibility index (Phi) is 2.10. The van der Waals surface area contributed by atoms with Crippen molar-refractivity contribution in [3.05, 3.63) is 35.4 Å². The molecule has 0 saturated heterocycles. The van der Waals surface area contributed by atoms with Crippen LogP contribution in [-0.4, -0.2) is 12.7 Å². The van der Waals surface area contributed by atoms with E-state index < -0.39 is 11.8 Å². The maximum atomic E-state index is 12.7. The van der Waals surface area contributed by atoms with Gasteiger partial charge in [-0.3, -0.25) is 4.79 Å². The van der Waals surface area contributed by atoms with Crippen molar-refractivity contribution < 1.29 is 13.6 Å². The molecule has 3 heteroatoms. The van der Waals surface area contributed by atoms with Crippen LogP contribution < -0.4 is 0 Å². The van der Waals surface area contributed by atoms with Crippen molar-refractivity contribution >= 4 is 6.29 Å². The minimum absolute atomic E-state index is 0.527. The minimum atomic E-state index is -2.30. The van der Waals surface area contributed by atoms with Gasteiger partial charge in [0, 0.05) is 5.56 Å². The fourth-order valence-electron chi connectivity index (χ4n) is 1.66. The van der Waals surface area contributed by atoms with Crippen LogP contribution in [0.1, 0.15) is 28.8 Å². The lowest BCUT2D eigenvalue weighted by Gasteiger charge is -2.13. The highest BCUT2D eigenvalue weighted by Gasteiger charge is 2.52. The molecule has 2 rings (SSSR count). The van der Waals surface area contributed by atoms with Gasteiger partial charge >= 0.3 is 0 Å². The molecule has 0 aromatic heterocycles. The van der Waals surface area contributed by atoms with Crippen LogP contribution in [0.3, 0.4) is 0 Å². The van der Waals surface area contributed by atoms with E-state index in [1.54, 1.807) is 24.3 Å². The number of carbonyl (C=O) groups excluding carboxylic acids is 1. The molecule has 0 radical (unpaired) electrons. The largest absolute Gasteiger partial charge is 0.298 e. The summed E-state index contributed by atoms with van der Waals surface area (Å²) in [6.07, 6.45) is -0.494. The molecular formula is C11H10F2O. The summed E-state index contributed by atoms with van der Waals surface area (Å²) in [5, 5.41) is 0. The van der Waals surface area contributed by atoms with Crippen molar-refractivity contribution in [1.82, 2.24) is 0 Å². The van der Waals surface area contributed by atoms with E-state index in [1.807, 2.05) is 0 Å². The minimum Gasteiger partial charge on any atom is -0.298 e. The van der Waals surface area contributed by atoms with E-state index in [0.29, 0.717) is 30.3 Å². The Morgan fingerprint density at radius 2 is 1.79 bits per heavy atom. The van der Waals surface area contributed by atoms with Crippen LogP contribution in [0.2, 0.25) is 0 Å². The van der Waals surface area contributed by atoms with Crippen LogP contribution in [-0.2, 0) is 5.41 Å². The molecule has 14 heavy (non-hydrogen) atoms. The number of benzene rings is 1. The van der Waals surface area contributed by atoms with Gasteiger partial charge in [-0.15, -0.1) is 0 Å². The highest BCUT2D eigenvalue weighted by Crippen LogP contribution is 2.52. The Morgan fingerprint density at radius 1 is 1.21 bits per heavy atom. The molecule has 1 nitrogen and oxygen atoms in total. The Balaban J connectivity index is 2.29. The summed E-state index contributed by atoms with van der Waals surface area (Å²) in [5.74, 6) is 0. The molecule has 0 bridgehead atoms. The predicted octanol–water partition coefficient (Wildman–Crippen LogP) is 2.80. The second-order valence-corrected chi connectivity index (χ2v) is 3.70. The normalized spacial score (nSPS) is 18.2. The Labute approximate surface area is 80.7 Å². The molecule has 1 fully saturated rings. The zero-order valence-electron chi connectivity index (χ0n) is 7.54. The van der Waals surface area contributed by atoms with Crippen molar-refractivity contribution in [2.75, 3.05) is 0 Å². The maximum absolute atomic E-state index is 12.7. The topological polar surface area (TPSA) is 17.1 Å². The van der Waals surface area contributed by atoms with Gasteiger partial charge in [-0.05, 0) is 18.4 Å². The van der Waals surface area contributed by atoms with Crippen LogP contribution in [0.15, 0.2) is 24.3 Å². The molecule has 1 aromatic rings. The van der Waals surface area contributed by atoms with Crippen molar-refractivity contribution in [2.24, 2.45) is 0 Å². The van der Waals surface area contributed by atoms with Crippen molar-refractivity contribution in [2.45, 2.75) is 24.7 Å². The summed E-state index contributed by atoms with van der Waals surface area (Å²) >= 11 is 0. The molecule has 0 aliphatic heterocycles. The second kappa shape index (κ2) is 3.15. The zero-order chi connectivity index (χ0) is 10.2. The van der Waals surface area contributed by atoms with Gasteiger partial charge in [0.15, 0.2) is 0 Å². The van der Waals surface area contributed by atoms with Crippen LogP contribution in [0.5, 0.6) is 0 Å².